The third-order valence-electron chi connectivity index (χ3n) is 2.68. The largest absolute Gasteiger partial charge is 0.496 e. The fourth-order valence-corrected chi connectivity index (χ4v) is 1.80. The summed E-state index contributed by atoms with van der Waals surface area (Å²) in [5.74, 6) is 0.909. The summed E-state index contributed by atoms with van der Waals surface area (Å²) in [6.07, 6.45) is 1.67. The van der Waals surface area contributed by atoms with Crippen molar-refractivity contribution in [3.8, 4) is 5.75 Å². The van der Waals surface area contributed by atoms with Crippen molar-refractivity contribution in [1.29, 1.82) is 0 Å². The van der Waals surface area contributed by atoms with Crippen LogP contribution >= 0.6 is 0 Å². The van der Waals surface area contributed by atoms with Crippen LogP contribution in [0.3, 0.4) is 0 Å². The predicted molar refractivity (Wildman–Crippen MR) is 70.3 cm³/mol. The number of nitrogens with zero attached hydrogens (tertiary/aromatic N) is 2. The maximum atomic E-state index is 5.34. The normalized spacial score (nSPS) is 10.3. The number of ether oxygens (including phenoxy) is 1. The van der Waals surface area contributed by atoms with Crippen LogP contribution in [0.1, 0.15) is 16.8 Å². The van der Waals surface area contributed by atoms with E-state index in [1.54, 1.807) is 13.3 Å². The van der Waals surface area contributed by atoms with Crippen LogP contribution in [0, 0.1) is 6.92 Å². The van der Waals surface area contributed by atoms with Crippen LogP contribution < -0.4 is 10.1 Å². The van der Waals surface area contributed by atoms with Crippen molar-refractivity contribution < 1.29 is 4.74 Å². The number of aryl methyl sites for hydroxylation is 1. The quantitative estimate of drug-likeness (QED) is 0.873. The molecule has 0 aliphatic carbocycles. The summed E-state index contributed by atoms with van der Waals surface area (Å²) < 4.78 is 5.34. The minimum atomic E-state index is 0.699. The Morgan fingerprint density at radius 2 is 2.11 bits per heavy atom. The second-order valence-corrected chi connectivity index (χ2v) is 4.13. The second-order valence-electron chi connectivity index (χ2n) is 4.13. The maximum Gasteiger partial charge on any atom is 0.123 e. The fraction of sp³-hybridized carbons (Fsp3) is 0.286. The van der Waals surface area contributed by atoms with Crippen LogP contribution in [0.2, 0.25) is 0 Å². The molecule has 0 atom stereocenters. The van der Waals surface area contributed by atoms with Gasteiger partial charge in [0.2, 0.25) is 0 Å². The predicted octanol–water partition coefficient (Wildman–Crippen LogP) is 2.08. The topological polar surface area (TPSA) is 47.0 Å². The van der Waals surface area contributed by atoms with Gasteiger partial charge in [-0.15, -0.1) is 0 Å². The van der Waals surface area contributed by atoms with E-state index in [-0.39, 0.29) is 0 Å². The summed E-state index contributed by atoms with van der Waals surface area (Å²) in [5.41, 5.74) is 3.32. The van der Waals surface area contributed by atoms with E-state index >= 15 is 0 Å². The molecule has 94 valence electrons. The van der Waals surface area contributed by atoms with Gasteiger partial charge in [-0.25, -0.2) is 0 Å². The number of aromatic nitrogens is 2. The molecule has 0 saturated carbocycles. The molecular weight excluding hydrogens is 226 g/mol. The van der Waals surface area contributed by atoms with Gasteiger partial charge in [-0.1, -0.05) is 17.7 Å². The van der Waals surface area contributed by atoms with Gasteiger partial charge in [-0.05, 0) is 25.1 Å². The highest BCUT2D eigenvalue weighted by atomic mass is 16.5. The first kappa shape index (κ1) is 12.5. The van der Waals surface area contributed by atoms with Crippen LogP contribution in [0.15, 0.2) is 36.5 Å². The molecule has 0 amide bonds. The molecule has 0 aliphatic rings. The first-order chi connectivity index (χ1) is 8.79. The lowest BCUT2D eigenvalue weighted by atomic mass is 10.1. The van der Waals surface area contributed by atoms with Gasteiger partial charge in [0.15, 0.2) is 0 Å². The van der Waals surface area contributed by atoms with Crippen molar-refractivity contribution in [2.45, 2.75) is 20.0 Å². The van der Waals surface area contributed by atoms with Crippen LogP contribution in [0.5, 0.6) is 5.75 Å². The van der Waals surface area contributed by atoms with E-state index in [0.717, 1.165) is 23.6 Å². The number of hydrogen-bond acceptors (Lipinski definition) is 4. The van der Waals surface area contributed by atoms with Crippen molar-refractivity contribution in [3.63, 3.8) is 0 Å². The Bertz CT molecular complexity index is 500. The molecule has 0 bridgehead atoms. The Morgan fingerprint density at radius 1 is 1.22 bits per heavy atom. The molecule has 1 N–H and O–H groups in total. The van der Waals surface area contributed by atoms with Gasteiger partial charge in [-0.2, -0.15) is 10.2 Å². The highest BCUT2D eigenvalue weighted by molar-refractivity contribution is 5.36. The van der Waals surface area contributed by atoms with E-state index in [1.807, 2.05) is 24.3 Å². The Morgan fingerprint density at radius 3 is 2.83 bits per heavy atom. The smallest absolute Gasteiger partial charge is 0.123 e. The Hall–Kier alpha value is -1.94. The molecule has 0 aliphatic heterocycles. The summed E-state index contributed by atoms with van der Waals surface area (Å²) in [7, 11) is 1.69. The van der Waals surface area contributed by atoms with E-state index in [4.69, 9.17) is 4.74 Å². The van der Waals surface area contributed by atoms with E-state index in [2.05, 4.69) is 28.5 Å². The lowest BCUT2D eigenvalue weighted by Gasteiger charge is -2.10. The van der Waals surface area contributed by atoms with Crippen molar-refractivity contribution in [3.05, 3.63) is 53.3 Å². The van der Waals surface area contributed by atoms with Crippen LogP contribution in [-0.4, -0.2) is 17.3 Å². The van der Waals surface area contributed by atoms with E-state index < -0.39 is 0 Å². The molecule has 1 heterocycles. The lowest BCUT2D eigenvalue weighted by Crippen LogP contribution is -2.14. The third kappa shape index (κ3) is 3.28. The zero-order valence-electron chi connectivity index (χ0n) is 10.7. The molecule has 4 nitrogen and oxygen atoms in total. The molecule has 1 aromatic heterocycles. The molecule has 1 aromatic carbocycles. The number of benzene rings is 1. The van der Waals surface area contributed by atoms with Crippen molar-refractivity contribution in [2.75, 3.05) is 7.11 Å². The van der Waals surface area contributed by atoms with Crippen LogP contribution in [0.4, 0.5) is 0 Å². The summed E-state index contributed by atoms with van der Waals surface area (Å²) in [5, 5.41) is 11.2. The van der Waals surface area contributed by atoms with Gasteiger partial charge >= 0.3 is 0 Å². The molecule has 0 saturated heterocycles. The summed E-state index contributed by atoms with van der Waals surface area (Å²) in [4.78, 5) is 0. The number of nitrogens with one attached hydrogen (secondary N) is 1. The average molecular weight is 243 g/mol. The molecule has 0 fully saturated rings. The molecule has 18 heavy (non-hydrogen) atoms. The fourth-order valence-electron chi connectivity index (χ4n) is 1.80. The zero-order valence-corrected chi connectivity index (χ0v) is 10.7. The highest BCUT2D eigenvalue weighted by Gasteiger charge is 2.03. The molecule has 0 unspecified atom stereocenters. The molecular formula is C14H17N3O. The SMILES string of the molecule is COc1ccc(C)cc1CNCc1cccnn1. The minimum absolute atomic E-state index is 0.699. The van der Waals surface area contributed by atoms with Crippen molar-refractivity contribution in [1.82, 2.24) is 15.5 Å². The summed E-state index contributed by atoms with van der Waals surface area (Å²) >= 11 is 0. The average Bonchev–Trinajstić information content (AvgIpc) is 2.40. The summed E-state index contributed by atoms with van der Waals surface area (Å²) in [6, 6.07) is 10.0. The number of hydrogen-bond donors (Lipinski definition) is 1. The standard InChI is InChI=1S/C14H17N3O/c1-11-5-6-14(18-2)12(8-11)9-15-10-13-4-3-7-16-17-13/h3-8,15H,9-10H2,1-2H3. The Labute approximate surface area is 107 Å². The zero-order chi connectivity index (χ0) is 12.8. The van der Waals surface area contributed by atoms with E-state index in [1.165, 1.54) is 5.56 Å². The minimum Gasteiger partial charge on any atom is -0.496 e. The number of rotatable bonds is 5. The monoisotopic (exact) mass is 243 g/mol. The molecule has 2 aromatic rings. The molecule has 4 heteroatoms. The molecule has 2 rings (SSSR count). The Balaban J connectivity index is 1.96. The first-order valence-electron chi connectivity index (χ1n) is 5.90. The van der Waals surface area contributed by atoms with E-state index in [0.29, 0.717) is 6.54 Å². The first-order valence-corrected chi connectivity index (χ1v) is 5.90. The lowest BCUT2D eigenvalue weighted by molar-refractivity contribution is 0.407. The molecule has 0 radical (unpaired) electrons. The van der Waals surface area contributed by atoms with Crippen LogP contribution in [0.25, 0.3) is 0 Å². The maximum absolute atomic E-state index is 5.34. The van der Waals surface area contributed by atoms with Crippen molar-refractivity contribution in [2.24, 2.45) is 0 Å². The molecule has 0 spiro atoms. The van der Waals surface area contributed by atoms with Crippen molar-refractivity contribution >= 4 is 0 Å². The van der Waals surface area contributed by atoms with Crippen LogP contribution in [-0.2, 0) is 13.1 Å². The van der Waals surface area contributed by atoms with Gasteiger partial charge < -0.3 is 10.1 Å². The van der Waals surface area contributed by atoms with Gasteiger partial charge in [-0.3, -0.25) is 0 Å². The number of methoxy groups -OCH3 is 1. The van der Waals surface area contributed by atoms with Gasteiger partial charge in [0.25, 0.3) is 0 Å². The third-order valence-corrected chi connectivity index (χ3v) is 2.68. The van der Waals surface area contributed by atoms with Gasteiger partial charge in [0, 0.05) is 24.8 Å². The van der Waals surface area contributed by atoms with E-state index in [9.17, 15) is 0 Å². The summed E-state index contributed by atoms with van der Waals surface area (Å²) in [6.45, 7) is 3.53. The van der Waals surface area contributed by atoms with Gasteiger partial charge in [0.1, 0.15) is 5.75 Å². The second kappa shape index (κ2) is 6.12. The highest BCUT2D eigenvalue weighted by Crippen LogP contribution is 2.19. The van der Waals surface area contributed by atoms with Gasteiger partial charge in [0.05, 0.1) is 12.8 Å². The Kier molecular flexibility index (Phi) is 4.25.